The summed E-state index contributed by atoms with van der Waals surface area (Å²) in [5.41, 5.74) is 5.60. The Morgan fingerprint density at radius 2 is 2.06 bits per heavy atom. The van der Waals surface area contributed by atoms with Gasteiger partial charge in [-0.05, 0) is 19.8 Å². The summed E-state index contributed by atoms with van der Waals surface area (Å²) in [7, 11) is 0. The number of aliphatic hydroxyl groups is 1. The van der Waals surface area contributed by atoms with Crippen molar-refractivity contribution >= 4 is 5.91 Å². The number of rotatable bonds is 8. The average molecular weight is 231 g/mol. The maximum absolute atomic E-state index is 11.4. The molecule has 0 aliphatic rings. The number of hydrogen-bond donors (Lipinski definition) is 4. The van der Waals surface area contributed by atoms with Gasteiger partial charge in [0.1, 0.15) is 0 Å². The molecule has 0 rings (SSSR count). The maximum atomic E-state index is 11.4. The second-order valence-electron chi connectivity index (χ2n) is 4.21. The Bertz CT molecular complexity index is 200. The van der Waals surface area contributed by atoms with Crippen LogP contribution in [0, 0.1) is 5.92 Å². The van der Waals surface area contributed by atoms with E-state index in [2.05, 4.69) is 10.6 Å². The van der Waals surface area contributed by atoms with Gasteiger partial charge in [-0.1, -0.05) is 6.92 Å². The summed E-state index contributed by atoms with van der Waals surface area (Å²) in [6.45, 7) is 7.02. The Labute approximate surface area is 97.8 Å². The fraction of sp³-hybridized carbons (Fsp3) is 0.909. The van der Waals surface area contributed by atoms with E-state index in [4.69, 9.17) is 10.8 Å². The van der Waals surface area contributed by atoms with Gasteiger partial charge in [0, 0.05) is 38.2 Å². The largest absolute Gasteiger partial charge is 0.396 e. The first-order chi connectivity index (χ1) is 7.54. The smallest absolute Gasteiger partial charge is 0.221 e. The van der Waals surface area contributed by atoms with Gasteiger partial charge in [0.05, 0.1) is 0 Å². The van der Waals surface area contributed by atoms with Crippen LogP contribution in [0.4, 0.5) is 0 Å². The Kier molecular flexibility index (Phi) is 8.15. The third-order valence-electron chi connectivity index (χ3n) is 2.73. The molecule has 16 heavy (non-hydrogen) atoms. The van der Waals surface area contributed by atoms with Gasteiger partial charge >= 0.3 is 0 Å². The summed E-state index contributed by atoms with van der Waals surface area (Å²) in [4.78, 5) is 11.4. The van der Waals surface area contributed by atoms with Crippen molar-refractivity contribution in [2.45, 2.75) is 39.3 Å². The molecular formula is C11H25N3O2. The van der Waals surface area contributed by atoms with Crippen molar-refractivity contribution in [1.82, 2.24) is 10.6 Å². The molecule has 0 aromatic rings. The zero-order valence-corrected chi connectivity index (χ0v) is 10.5. The molecule has 0 heterocycles. The molecule has 3 unspecified atom stereocenters. The summed E-state index contributed by atoms with van der Waals surface area (Å²) in [5, 5.41) is 15.0. The fourth-order valence-corrected chi connectivity index (χ4v) is 1.40. The van der Waals surface area contributed by atoms with Crippen LogP contribution in [0.25, 0.3) is 0 Å². The summed E-state index contributed by atoms with van der Waals surface area (Å²) in [5.74, 6) is 0.164. The molecule has 0 radical (unpaired) electrons. The average Bonchev–Trinajstić information content (AvgIpc) is 2.27. The van der Waals surface area contributed by atoms with E-state index < -0.39 is 0 Å². The molecule has 5 nitrogen and oxygen atoms in total. The Morgan fingerprint density at radius 1 is 1.44 bits per heavy atom. The van der Waals surface area contributed by atoms with Gasteiger partial charge in [-0.3, -0.25) is 4.79 Å². The van der Waals surface area contributed by atoms with Gasteiger partial charge in [0.25, 0.3) is 0 Å². The lowest BCUT2D eigenvalue weighted by Crippen LogP contribution is -2.47. The van der Waals surface area contributed by atoms with Gasteiger partial charge in [0.15, 0.2) is 0 Å². The van der Waals surface area contributed by atoms with E-state index in [0.717, 1.165) is 0 Å². The van der Waals surface area contributed by atoms with Crippen molar-refractivity contribution < 1.29 is 9.90 Å². The van der Waals surface area contributed by atoms with E-state index in [1.165, 1.54) is 0 Å². The van der Waals surface area contributed by atoms with Crippen LogP contribution in [0.2, 0.25) is 0 Å². The van der Waals surface area contributed by atoms with E-state index in [0.29, 0.717) is 19.5 Å². The van der Waals surface area contributed by atoms with E-state index in [-0.39, 0.29) is 30.5 Å². The lowest BCUT2D eigenvalue weighted by molar-refractivity contribution is -0.121. The fourth-order valence-electron chi connectivity index (χ4n) is 1.40. The van der Waals surface area contributed by atoms with Crippen molar-refractivity contribution in [1.29, 1.82) is 0 Å². The highest BCUT2D eigenvalue weighted by Gasteiger charge is 2.17. The molecule has 0 saturated heterocycles. The minimum absolute atomic E-state index is 0.00861. The minimum atomic E-state index is -0.0319. The van der Waals surface area contributed by atoms with Crippen molar-refractivity contribution in [3.05, 3.63) is 0 Å². The molecule has 5 heteroatoms. The molecule has 0 aliphatic carbocycles. The molecule has 0 aromatic carbocycles. The predicted molar refractivity (Wildman–Crippen MR) is 65.0 cm³/mol. The number of amides is 1. The van der Waals surface area contributed by atoms with Crippen molar-refractivity contribution in [3.63, 3.8) is 0 Å². The SMILES string of the molecule is CCNC(=O)CC(CN)NC(C)C(C)CO. The zero-order chi connectivity index (χ0) is 12.6. The van der Waals surface area contributed by atoms with Gasteiger partial charge in [-0.25, -0.2) is 0 Å². The van der Waals surface area contributed by atoms with Crippen LogP contribution in [0.15, 0.2) is 0 Å². The molecule has 96 valence electrons. The van der Waals surface area contributed by atoms with Crippen LogP contribution in [0.5, 0.6) is 0 Å². The number of carbonyl (C=O) groups excluding carboxylic acids is 1. The predicted octanol–water partition coefficient (Wildman–Crippen LogP) is -0.554. The highest BCUT2D eigenvalue weighted by molar-refractivity contribution is 5.76. The number of aliphatic hydroxyl groups excluding tert-OH is 1. The van der Waals surface area contributed by atoms with E-state index >= 15 is 0 Å². The lowest BCUT2D eigenvalue weighted by atomic mass is 10.0. The van der Waals surface area contributed by atoms with Crippen LogP contribution < -0.4 is 16.4 Å². The quantitative estimate of drug-likeness (QED) is 0.451. The van der Waals surface area contributed by atoms with Crippen molar-refractivity contribution in [2.24, 2.45) is 11.7 Å². The highest BCUT2D eigenvalue weighted by atomic mass is 16.3. The Balaban J connectivity index is 4.04. The first-order valence-corrected chi connectivity index (χ1v) is 5.88. The standard InChI is InChI=1S/C11H25N3O2/c1-4-13-11(16)5-10(6-12)14-9(3)8(2)7-15/h8-10,14-15H,4-7,12H2,1-3H3,(H,13,16). The summed E-state index contributed by atoms with van der Waals surface area (Å²) in [6, 6.07) is 0.114. The van der Waals surface area contributed by atoms with Gasteiger partial charge in [-0.15, -0.1) is 0 Å². The number of nitrogens with one attached hydrogen (secondary N) is 2. The van der Waals surface area contributed by atoms with E-state index in [1.807, 2.05) is 20.8 Å². The van der Waals surface area contributed by atoms with Crippen LogP contribution in [-0.4, -0.2) is 42.8 Å². The first-order valence-electron chi connectivity index (χ1n) is 5.88. The molecule has 0 saturated carbocycles. The van der Waals surface area contributed by atoms with Crippen molar-refractivity contribution in [2.75, 3.05) is 19.7 Å². The summed E-state index contributed by atoms with van der Waals surface area (Å²) >= 11 is 0. The van der Waals surface area contributed by atoms with E-state index in [9.17, 15) is 4.79 Å². The second kappa shape index (κ2) is 8.50. The second-order valence-corrected chi connectivity index (χ2v) is 4.21. The number of carbonyl (C=O) groups is 1. The first kappa shape index (κ1) is 15.3. The molecular weight excluding hydrogens is 206 g/mol. The van der Waals surface area contributed by atoms with Crippen LogP contribution in [0.1, 0.15) is 27.2 Å². The molecule has 0 fully saturated rings. The van der Waals surface area contributed by atoms with E-state index in [1.54, 1.807) is 0 Å². The van der Waals surface area contributed by atoms with Crippen LogP contribution in [-0.2, 0) is 4.79 Å². The molecule has 3 atom stereocenters. The molecule has 0 spiro atoms. The third kappa shape index (κ3) is 6.05. The highest BCUT2D eigenvalue weighted by Crippen LogP contribution is 2.03. The topological polar surface area (TPSA) is 87.4 Å². The molecule has 1 amide bonds. The summed E-state index contributed by atoms with van der Waals surface area (Å²) in [6.07, 6.45) is 0.382. The molecule has 0 aromatic heterocycles. The van der Waals surface area contributed by atoms with Gasteiger partial charge in [-0.2, -0.15) is 0 Å². The Hall–Kier alpha value is -0.650. The summed E-state index contributed by atoms with van der Waals surface area (Å²) < 4.78 is 0. The van der Waals surface area contributed by atoms with Gasteiger partial charge < -0.3 is 21.5 Å². The monoisotopic (exact) mass is 231 g/mol. The molecule has 0 aliphatic heterocycles. The molecule has 0 bridgehead atoms. The van der Waals surface area contributed by atoms with Gasteiger partial charge in [0.2, 0.25) is 5.91 Å². The number of nitrogens with two attached hydrogens (primary N) is 1. The zero-order valence-electron chi connectivity index (χ0n) is 10.5. The van der Waals surface area contributed by atoms with Crippen LogP contribution >= 0.6 is 0 Å². The maximum Gasteiger partial charge on any atom is 0.221 e. The normalized spacial score (nSPS) is 16.6. The number of hydrogen-bond acceptors (Lipinski definition) is 4. The third-order valence-corrected chi connectivity index (χ3v) is 2.73. The molecule has 5 N–H and O–H groups in total. The minimum Gasteiger partial charge on any atom is -0.396 e. The van der Waals surface area contributed by atoms with Crippen LogP contribution in [0.3, 0.4) is 0 Å². The lowest BCUT2D eigenvalue weighted by Gasteiger charge is -2.25. The van der Waals surface area contributed by atoms with Crippen molar-refractivity contribution in [3.8, 4) is 0 Å². The Morgan fingerprint density at radius 3 is 2.50 bits per heavy atom.